The number of rotatable bonds is 9. The largest absolute Gasteiger partial charge is 0.352 e. The first-order valence-corrected chi connectivity index (χ1v) is 11.9. The summed E-state index contributed by atoms with van der Waals surface area (Å²) in [5.74, 6) is -0.278. The molecule has 1 aromatic rings. The molecule has 28 heavy (non-hydrogen) atoms. The molecule has 1 saturated heterocycles. The summed E-state index contributed by atoms with van der Waals surface area (Å²) in [6.07, 6.45) is 4.64. The summed E-state index contributed by atoms with van der Waals surface area (Å²) in [5.41, 5.74) is 0.307. The highest BCUT2D eigenvalue weighted by atomic mass is 35.5. The first-order chi connectivity index (χ1) is 13.3. The number of carbonyl (C=O) groups excluding carboxylic acids is 1. The van der Waals surface area contributed by atoms with Gasteiger partial charge in [0, 0.05) is 37.8 Å². The van der Waals surface area contributed by atoms with Gasteiger partial charge in [-0.15, -0.1) is 0 Å². The average Bonchev–Trinajstić information content (AvgIpc) is 2.67. The van der Waals surface area contributed by atoms with Crippen molar-refractivity contribution >= 4 is 27.5 Å². The van der Waals surface area contributed by atoms with E-state index in [2.05, 4.69) is 17.1 Å². The molecule has 1 N–H and O–H groups in total. The van der Waals surface area contributed by atoms with Crippen LogP contribution in [0.5, 0.6) is 0 Å². The molecule has 1 amide bonds. The minimum atomic E-state index is -3.72. The third-order valence-corrected chi connectivity index (χ3v) is 7.90. The molecule has 158 valence electrons. The molecule has 1 aromatic carbocycles. The Morgan fingerprint density at radius 2 is 2.00 bits per heavy atom. The number of nitrogens with one attached hydrogen (secondary N) is 1. The SMILES string of the molecule is CCN(CC)S(=O)(=O)c1cc(C(=O)NCCCN2CCCC[C@H]2C)ccc1Cl. The fraction of sp³-hybridized carbons (Fsp3) is 0.650. The molecule has 0 spiro atoms. The number of amides is 1. The lowest BCUT2D eigenvalue weighted by Crippen LogP contribution is -2.39. The van der Waals surface area contributed by atoms with Crippen LogP contribution in [0, 0.1) is 0 Å². The first kappa shape index (κ1) is 23.1. The Balaban J connectivity index is 1.98. The van der Waals surface area contributed by atoms with Gasteiger partial charge < -0.3 is 10.2 Å². The quantitative estimate of drug-likeness (QED) is 0.611. The standard InChI is InChI=1S/C20H32ClN3O3S/c1-4-24(5-2)28(26,27)19-15-17(10-11-18(19)21)20(25)22-12-8-14-23-13-7-6-9-16(23)3/h10-11,15-16H,4-9,12-14H2,1-3H3,(H,22,25)/t16-/m1/s1. The first-order valence-electron chi connectivity index (χ1n) is 10.1. The monoisotopic (exact) mass is 429 g/mol. The fourth-order valence-corrected chi connectivity index (χ4v) is 5.58. The van der Waals surface area contributed by atoms with E-state index in [1.165, 1.54) is 35.7 Å². The van der Waals surface area contributed by atoms with Crippen LogP contribution in [-0.4, -0.2) is 62.3 Å². The lowest BCUT2D eigenvalue weighted by molar-refractivity contribution is 0.0948. The number of hydrogen-bond acceptors (Lipinski definition) is 4. The van der Waals surface area contributed by atoms with Crippen molar-refractivity contribution in [2.24, 2.45) is 0 Å². The Morgan fingerprint density at radius 1 is 1.29 bits per heavy atom. The van der Waals surface area contributed by atoms with Crippen LogP contribution in [0.25, 0.3) is 0 Å². The van der Waals surface area contributed by atoms with Gasteiger partial charge >= 0.3 is 0 Å². The van der Waals surface area contributed by atoms with Crippen molar-refractivity contribution in [1.82, 2.24) is 14.5 Å². The Morgan fingerprint density at radius 3 is 2.64 bits per heavy atom. The summed E-state index contributed by atoms with van der Waals surface area (Å²) in [6.45, 7) is 9.14. The zero-order valence-electron chi connectivity index (χ0n) is 17.1. The molecule has 8 heteroatoms. The van der Waals surface area contributed by atoms with Crippen LogP contribution in [0.4, 0.5) is 0 Å². The molecule has 2 rings (SSSR count). The van der Waals surface area contributed by atoms with Crippen LogP contribution in [0.2, 0.25) is 5.02 Å². The highest BCUT2D eigenvalue weighted by molar-refractivity contribution is 7.89. The van der Waals surface area contributed by atoms with Crippen molar-refractivity contribution in [3.05, 3.63) is 28.8 Å². The van der Waals surface area contributed by atoms with Crippen LogP contribution in [0.3, 0.4) is 0 Å². The second-order valence-corrected chi connectivity index (χ2v) is 9.54. The van der Waals surface area contributed by atoms with Crippen LogP contribution >= 0.6 is 11.6 Å². The van der Waals surface area contributed by atoms with Crippen LogP contribution in [0.15, 0.2) is 23.1 Å². The number of carbonyl (C=O) groups is 1. The van der Waals surface area contributed by atoms with Gasteiger partial charge in [-0.1, -0.05) is 31.9 Å². The van der Waals surface area contributed by atoms with Crippen molar-refractivity contribution in [3.8, 4) is 0 Å². The summed E-state index contributed by atoms with van der Waals surface area (Å²) in [4.78, 5) is 14.9. The Hall–Kier alpha value is -1.15. The van der Waals surface area contributed by atoms with E-state index >= 15 is 0 Å². The molecule has 1 atom stereocenters. The van der Waals surface area contributed by atoms with Gasteiger partial charge in [-0.25, -0.2) is 8.42 Å². The molecule has 6 nitrogen and oxygen atoms in total. The maximum absolute atomic E-state index is 12.8. The molecule has 0 aliphatic carbocycles. The molecule has 0 bridgehead atoms. The summed E-state index contributed by atoms with van der Waals surface area (Å²) < 4.78 is 26.9. The summed E-state index contributed by atoms with van der Waals surface area (Å²) in [5, 5.41) is 3.02. The van der Waals surface area contributed by atoms with Gasteiger partial charge in [-0.2, -0.15) is 4.31 Å². The molecule has 0 radical (unpaired) electrons. The maximum atomic E-state index is 12.8. The molecular weight excluding hydrogens is 398 g/mol. The molecule has 0 saturated carbocycles. The second-order valence-electron chi connectivity index (χ2n) is 7.22. The summed E-state index contributed by atoms with van der Waals surface area (Å²) >= 11 is 6.13. The lowest BCUT2D eigenvalue weighted by Gasteiger charge is -2.33. The normalized spacial score (nSPS) is 18.4. The predicted octanol–water partition coefficient (Wildman–Crippen LogP) is 3.36. The Labute approximate surface area is 174 Å². The zero-order valence-corrected chi connectivity index (χ0v) is 18.7. The summed E-state index contributed by atoms with van der Waals surface area (Å²) in [6, 6.07) is 5.01. The van der Waals surface area contributed by atoms with Crippen LogP contribution in [0.1, 0.15) is 56.8 Å². The predicted molar refractivity (Wildman–Crippen MR) is 113 cm³/mol. The van der Waals surface area contributed by atoms with E-state index in [0.717, 1.165) is 19.5 Å². The minimum Gasteiger partial charge on any atom is -0.352 e. The van der Waals surface area contributed by atoms with Gasteiger partial charge in [0.1, 0.15) is 4.90 Å². The highest BCUT2D eigenvalue weighted by Crippen LogP contribution is 2.26. The Kier molecular flexibility index (Phi) is 8.74. The maximum Gasteiger partial charge on any atom is 0.251 e. The van der Waals surface area contributed by atoms with E-state index in [4.69, 9.17) is 11.6 Å². The van der Waals surface area contributed by atoms with Gasteiger partial charge in [0.15, 0.2) is 0 Å². The molecule has 1 aliphatic heterocycles. The molecule has 0 aromatic heterocycles. The van der Waals surface area contributed by atoms with E-state index < -0.39 is 10.0 Å². The smallest absolute Gasteiger partial charge is 0.251 e. The van der Waals surface area contributed by atoms with Gasteiger partial charge in [-0.3, -0.25) is 4.79 Å². The van der Waals surface area contributed by atoms with Crippen molar-refractivity contribution in [3.63, 3.8) is 0 Å². The van der Waals surface area contributed by atoms with Gasteiger partial charge in [-0.05, 0) is 50.9 Å². The van der Waals surface area contributed by atoms with E-state index in [-0.39, 0.29) is 15.8 Å². The molecule has 0 unspecified atom stereocenters. The number of benzene rings is 1. The minimum absolute atomic E-state index is 0.0207. The number of hydrogen-bond donors (Lipinski definition) is 1. The number of nitrogens with zero attached hydrogens (tertiary/aromatic N) is 2. The third-order valence-electron chi connectivity index (χ3n) is 5.36. The summed E-state index contributed by atoms with van der Waals surface area (Å²) in [7, 11) is -3.72. The number of sulfonamides is 1. The van der Waals surface area contributed by atoms with Gasteiger partial charge in [0.25, 0.3) is 5.91 Å². The van der Waals surface area contributed by atoms with E-state index in [1.807, 2.05) is 0 Å². The molecule has 1 aliphatic rings. The topological polar surface area (TPSA) is 69.7 Å². The number of piperidine rings is 1. The van der Waals surface area contributed by atoms with Gasteiger partial charge in [0.05, 0.1) is 5.02 Å². The van der Waals surface area contributed by atoms with Crippen LogP contribution < -0.4 is 5.32 Å². The van der Waals surface area contributed by atoms with Crippen molar-refractivity contribution in [2.75, 3.05) is 32.7 Å². The molecule has 1 heterocycles. The Bertz CT molecular complexity index is 766. The molecular formula is C20H32ClN3O3S. The zero-order chi connectivity index (χ0) is 20.7. The van der Waals surface area contributed by atoms with E-state index in [9.17, 15) is 13.2 Å². The highest BCUT2D eigenvalue weighted by Gasteiger charge is 2.25. The number of likely N-dealkylation sites (tertiary alicyclic amines) is 1. The van der Waals surface area contributed by atoms with E-state index in [0.29, 0.717) is 31.2 Å². The third kappa shape index (κ3) is 5.69. The van der Waals surface area contributed by atoms with Crippen molar-refractivity contribution in [1.29, 1.82) is 0 Å². The molecule has 1 fully saturated rings. The lowest BCUT2D eigenvalue weighted by atomic mass is 10.0. The fourth-order valence-electron chi connectivity index (χ4n) is 3.62. The van der Waals surface area contributed by atoms with Crippen LogP contribution in [-0.2, 0) is 10.0 Å². The number of halogens is 1. The van der Waals surface area contributed by atoms with Gasteiger partial charge in [0.2, 0.25) is 10.0 Å². The van der Waals surface area contributed by atoms with Crippen molar-refractivity contribution < 1.29 is 13.2 Å². The van der Waals surface area contributed by atoms with Crippen molar-refractivity contribution in [2.45, 2.75) is 57.4 Å². The average molecular weight is 430 g/mol. The second kappa shape index (κ2) is 10.6. The van der Waals surface area contributed by atoms with E-state index in [1.54, 1.807) is 19.9 Å².